The molecule has 0 bridgehead atoms. The fourth-order valence-electron chi connectivity index (χ4n) is 2.37. The van der Waals surface area contributed by atoms with E-state index in [1.165, 1.54) is 5.56 Å². The van der Waals surface area contributed by atoms with Crippen LogP contribution in [0.3, 0.4) is 0 Å². The lowest BCUT2D eigenvalue weighted by Crippen LogP contribution is -2.46. The minimum Gasteiger partial charge on any atom is -0.454 e. The van der Waals surface area contributed by atoms with Gasteiger partial charge in [-0.05, 0) is 37.5 Å². The first-order valence-corrected chi connectivity index (χ1v) is 6.47. The van der Waals surface area contributed by atoms with Gasteiger partial charge in [-0.3, -0.25) is 0 Å². The number of ether oxygens (including phenoxy) is 3. The Morgan fingerprint density at radius 2 is 1.94 bits per heavy atom. The van der Waals surface area contributed by atoms with Crippen LogP contribution in [0.15, 0.2) is 18.2 Å². The number of benzene rings is 1. The zero-order valence-electron chi connectivity index (χ0n) is 10.7. The van der Waals surface area contributed by atoms with Crippen molar-refractivity contribution in [3.8, 4) is 11.5 Å². The maximum absolute atomic E-state index is 5.40. The Morgan fingerprint density at radius 1 is 1.17 bits per heavy atom. The molecule has 1 aromatic carbocycles. The van der Waals surface area contributed by atoms with Gasteiger partial charge in [0.25, 0.3) is 0 Å². The van der Waals surface area contributed by atoms with Crippen molar-refractivity contribution in [1.82, 2.24) is 5.32 Å². The Bertz CT molecular complexity index is 427. The average molecular weight is 249 g/mol. The van der Waals surface area contributed by atoms with Crippen LogP contribution in [-0.4, -0.2) is 25.5 Å². The van der Waals surface area contributed by atoms with Crippen LogP contribution < -0.4 is 14.8 Å². The van der Waals surface area contributed by atoms with E-state index in [-0.39, 0.29) is 5.54 Å². The molecule has 98 valence electrons. The predicted molar refractivity (Wildman–Crippen MR) is 67.9 cm³/mol. The molecular formula is C14H19NO3. The van der Waals surface area contributed by atoms with Crippen LogP contribution in [0.2, 0.25) is 0 Å². The molecular weight excluding hydrogens is 230 g/mol. The molecule has 0 saturated carbocycles. The minimum atomic E-state index is 0.189. The van der Waals surface area contributed by atoms with Crippen molar-refractivity contribution in [2.75, 3.05) is 20.0 Å². The molecule has 2 aliphatic heterocycles. The number of nitrogens with one attached hydrogen (secondary N) is 1. The molecule has 1 N–H and O–H groups in total. The zero-order valence-corrected chi connectivity index (χ0v) is 10.7. The van der Waals surface area contributed by atoms with Crippen molar-refractivity contribution < 1.29 is 14.2 Å². The van der Waals surface area contributed by atoms with E-state index in [4.69, 9.17) is 14.2 Å². The number of hydrogen-bond acceptors (Lipinski definition) is 4. The Labute approximate surface area is 107 Å². The van der Waals surface area contributed by atoms with E-state index in [1.807, 2.05) is 6.07 Å². The fraction of sp³-hybridized carbons (Fsp3) is 0.571. The number of hydrogen-bond donors (Lipinski definition) is 1. The maximum atomic E-state index is 5.40. The van der Waals surface area contributed by atoms with E-state index in [9.17, 15) is 0 Å². The van der Waals surface area contributed by atoms with E-state index in [2.05, 4.69) is 24.4 Å². The van der Waals surface area contributed by atoms with Gasteiger partial charge >= 0.3 is 0 Å². The average Bonchev–Trinajstić information content (AvgIpc) is 2.85. The van der Waals surface area contributed by atoms with Gasteiger partial charge in [0.2, 0.25) is 6.79 Å². The van der Waals surface area contributed by atoms with Crippen molar-refractivity contribution in [3.63, 3.8) is 0 Å². The Balaban J connectivity index is 1.62. The van der Waals surface area contributed by atoms with Gasteiger partial charge in [-0.1, -0.05) is 6.07 Å². The molecule has 2 aliphatic rings. The first kappa shape index (κ1) is 11.8. The van der Waals surface area contributed by atoms with Crippen LogP contribution in [0, 0.1) is 0 Å². The second-order valence-electron chi connectivity index (χ2n) is 5.21. The molecule has 1 fully saturated rings. The highest BCUT2D eigenvalue weighted by molar-refractivity contribution is 5.44. The molecule has 0 aliphatic carbocycles. The summed E-state index contributed by atoms with van der Waals surface area (Å²) in [6.07, 6.45) is 2.13. The van der Waals surface area contributed by atoms with Crippen LogP contribution in [0.4, 0.5) is 0 Å². The van der Waals surface area contributed by atoms with Crippen LogP contribution in [0.25, 0.3) is 0 Å². The Morgan fingerprint density at radius 3 is 2.78 bits per heavy atom. The smallest absolute Gasteiger partial charge is 0.231 e. The van der Waals surface area contributed by atoms with E-state index < -0.39 is 0 Å². The monoisotopic (exact) mass is 249 g/mol. The molecule has 1 saturated heterocycles. The van der Waals surface area contributed by atoms with Crippen molar-refractivity contribution >= 4 is 0 Å². The molecule has 0 radical (unpaired) electrons. The highest BCUT2D eigenvalue weighted by atomic mass is 16.7. The van der Waals surface area contributed by atoms with Crippen LogP contribution >= 0.6 is 0 Å². The second kappa shape index (κ2) is 4.78. The van der Waals surface area contributed by atoms with Gasteiger partial charge in [-0.15, -0.1) is 0 Å². The third-order valence-electron chi connectivity index (χ3n) is 3.75. The standard InChI is InChI=1S/C14H19NO3/c1-14(4-6-16-7-5-14)15-9-11-2-3-12-13(8-11)18-10-17-12/h2-3,8,15H,4-7,9-10H2,1H3. The lowest BCUT2D eigenvalue weighted by molar-refractivity contribution is 0.0446. The van der Waals surface area contributed by atoms with Gasteiger partial charge in [0.05, 0.1) is 0 Å². The lowest BCUT2D eigenvalue weighted by atomic mass is 9.92. The molecule has 2 heterocycles. The zero-order chi connectivity index (χ0) is 12.4. The quantitative estimate of drug-likeness (QED) is 0.890. The van der Waals surface area contributed by atoms with Gasteiger partial charge in [-0.25, -0.2) is 0 Å². The Hall–Kier alpha value is -1.26. The van der Waals surface area contributed by atoms with Crippen molar-refractivity contribution in [3.05, 3.63) is 23.8 Å². The molecule has 18 heavy (non-hydrogen) atoms. The van der Waals surface area contributed by atoms with E-state index >= 15 is 0 Å². The van der Waals surface area contributed by atoms with Gasteiger partial charge in [-0.2, -0.15) is 0 Å². The Kier molecular flexibility index (Phi) is 3.14. The van der Waals surface area contributed by atoms with Crippen molar-refractivity contribution in [2.45, 2.75) is 31.8 Å². The summed E-state index contributed by atoms with van der Waals surface area (Å²) in [5.41, 5.74) is 1.42. The lowest BCUT2D eigenvalue weighted by Gasteiger charge is -2.34. The molecule has 0 atom stereocenters. The first-order valence-electron chi connectivity index (χ1n) is 6.47. The molecule has 3 rings (SSSR count). The summed E-state index contributed by atoms with van der Waals surface area (Å²) in [4.78, 5) is 0. The second-order valence-corrected chi connectivity index (χ2v) is 5.21. The SMILES string of the molecule is CC1(NCc2ccc3c(c2)OCO3)CCOCC1. The van der Waals surface area contributed by atoms with Gasteiger partial charge < -0.3 is 19.5 Å². The van der Waals surface area contributed by atoms with E-state index in [1.54, 1.807) is 0 Å². The minimum absolute atomic E-state index is 0.189. The van der Waals surface area contributed by atoms with Gasteiger partial charge in [0, 0.05) is 25.3 Å². The van der Waals surface area contributed by atoms with Gasteiger partial charge in [0.1, 0.15) is 0 Å². The summed E-state index contributed by atoms with van der Waals surface area (Å²) in [7, 11) is 0. The van der Waals surface area contributed by atoms with Crippen LogP contribution in [-0.2, 0) is 11.3 Å². The first-order chi connectivity index (χ1) is 8.75. The van der Waals surface area contributed by atoms with Gasteiger partial charge in [0.15, 0.2) is 11.5 Å². The van der Waals surface area contributed by atoms with Crippen LogP contribution in [0.1, 0.15) is 25.3 Å². The van der Waals surface area contributed by atoms with E-state index in [0.717, 1.165) is 44.1 Å². The summed E-state index contributed by atoms with van der Waals surface area (Å²) in [5, 5.41) is 3.63. The predicted octanol–water partition coefficient (Wildman–Crippen LogP) is 2.07. The van der Waals surface area contributed by atoms with Crippen molar-refractivity contribution in [1.29, 1.82) is 0 Å². The third kappa shape index (κ3) is 2.44. The molecule has 0 aromatic heterocycles. The molecule has 4 heteroatoms. The molecule has 4 nitrogen and oxygen atoms in total. The fourth-order valence-corrected chi connectivity index (χ4v) is 2.37. The summed E-state index contributed by atoms with van der Waals surface area (Å²) in [6.45, 7) is 5.16. The third-order valence-corrected chi connectivity index (χ3v) is 3.75. The summed E-state index contributed by atoms with van der Waals surface area (Å²) < 4.78 is 16.1. The molecule has 0 unspecified atom stereocenters. The van der Waals surface area contributed by atoms with Crippen molar-refractivity contribution in [2.24, 2.45) is 0 Å². The molecule has 1 aromatic rings. The molecule has 0 spiro atoms. The maximum Gasteiger partial charge on any atom is 0.231 e. The summed E-state index contributed by atoms with van der Waals surface area (Å²) >= 11 is 0. The van der Waals surface area contributed by atoms with E-state index in [0.29, 0.717) is 6.79 Å². The topological polar surface area (TPSA) is 39.7 Å². The van der Waals surface area contributed by atoms with Crippen LogP contribution in [0.5, 0.6) is 11.5 Å². The number of rotatable bonds is 3. The highest BCUT2D eigenvalue weighted by Gasteiger charge is 2.26. The molecule has 0 amide bonds. The largest absolute Gasteiger partial charge is 0.454 e. The normalized spacial score (nSPS) is 20.9. The highest BCUT2D eigenvalue weighted by Crippen LogP contribution is 2.32. The number of fused-ring (bicyclic) bond motifs is 1. The summed E-state index contributed by atoms with van der Waals surface area (Å²) in [5.74, 6) is 1.70. The summed E-state index contributed by atoms with van der Waals surface area (Å²) in [6, 6.07) is 6.12.